The minimum atomic E-state index is -4.61. The van der Waals surface area contributed by atoms with Crippen molar-refractivity contribution in [2.75, 3.05) is 6.61 Å². The maximum atomic E-state index is 12.1. The van der Waals surface area contributed by atoms with Crippen LogP contribution in [-0.4, -0.2) is 27.7 Å². The van der Waals surface area contributed by atoms with Gasteiger partial charge in [0.2, 0.25) is 0 Å². The Kier molecular flexibility index (Phi) is 3.08. The zero-order chi connectivity index (χ0) is 11.5. The summed E-state index contributed by atoms with van der Waals surface area (Å²) < 4.78 is 40.7. The predicted octanol–water partition coefficient (Wildman–Crippen LogP) is 0.959. The summed E-state index contributed by atoms with van der Waals surface area (Å²) in [6, 6.07) is 0.0420. The highest BCUT2D eigenvalue weighted by Gasteiger charge is 2.33. The van der Waals surface area contributed by atoms with Gasteiger partial charge in [-0.3, -0.25) is 0 Å². The smallest absolute Gasteiger partial charge is 0.433 e. The molecule has 82 valence electrons. The van der Waals surface area contributed by atoms with E-state index in [9.17, 15) is 18.0 Å². The van der Waals surface area contributed by atoms with E-state index >= 15 is 0 Å². The topological polar surface area (TPSA) is 72.3 Å². The van der Waals surface area contributed by atoms with Gasteiger partial charge in [0.25, 0.3) is 0 Å². The highest BCUT2D eigenvalue weighted by molar-refractivity contribution is 5.68. The minimum Gasteiger partial charge on any atom is -0.479 e. The molecule has 1 heterocycles. The van der Waals surface area contributed by atoms with Crippen LogP contribution in [0, 0.1) is 0 Å². The average molecular weight is 222 g/mol. The highest BCUT2D eigenvalue weighted by Crippen LogP contribution is 2.27. The van der Waals surface area contributed by atoms with Crippen molar-refractivity contribution in [3.05, 3.63) is 18.0 Å². The van der Waals surface area contributed by atoms with Crippen LogP contribution in [0.3, 0.4) is 0 Å². The van der Waals surface area contributed by atoms with Gasteiger partial charge >= 0.3 is 18.2 Å². The number of aromatic nitrogens is 2. The summed E-state index contributed by atoms with van der Waals surface area (Å²) in [5.74, 6) is -1.32. The van der Waals surface area contributed by atoms with Crippen molar-refractivity contribution in [2.45, 2.75) is 6.18 Å². The van der Waals surface area contributed by atoms with Gasteiger partial charge in [-0.25, -0.2) is 9.78 Å². The van der Waals surface area contributed by atoms with Crippen LogP contribution in [0.4, 0.5) is 13.2 Å². The van der Waals surface area contributed by atoms with Crippen molar-refractivity contribution >= 4 is 5.97 Å². The van der Waals surface area contributed by atoms with Gasteiger partial charge < -0.3 is 9.84 Å². The third-order valence-electron chi connectivity index (χ3n) is 1.25. The van der Waals surface area contributed by atoms with E-state index in [2.05, 4.69) is 14.7 Å². The lowest BCUT2D eigenvalue weighted by Crippen LogP contribution is -2.14. The maximum absolute atomic E-state index is 12.1. The van der Waals surface area contributed by atoms with Crippen LogP contribution in [0.25, 0.3) is 0 Å². The van der Waals surface area contributed by atoms with Crippen molar-refractivity contribution in [1.82, 2.24) is 9.97 Å². The largest absolute Gasteiger partial charge is 0.479 e. The van der Waals surface area contributed by atoms with Gasteiger partial charge in [-0.05, 0) is 6.07 Å². The lowest BCUT2D eigenvalue weighted by atomic mass is 10.4. The quantitative estimate of drug-likeness (QED) is 0.824. The summed E-state index contributed by atoms with van der Waals surface area (Å²) in [6.45, 7) is -0.790. The average Bonchev–Trinajstić information content (AvgIpc) is 2.14. The molecule has 0 spiro atoms. The number of ether oxygens (including phenoxy) is 1. The molecule has 0 saturated heterocycles. The van der Waals surface area contributed by atoms with E-state index in [0.717, 1.165) is 6.20 Å². The Balaban J connectivity index is 2.79. The predicted molar refractivity (Wildman–Crippen MR) is 40.2 cm³/mol. The number of nitrogens with zero attached hydrogens (tertiary/aromatic N) is 2. The second kappa shape index (κ2) is 4.11. The molecule has 0 radical (unpaired) electrons. The monoisotopic (exact) mass is 222 g/mol. The fraction of sp³-hybridized carbons (Fsp3) is 0.286. The molecule has 15 heavy (non-hydrogen) atoms. The summed E-state index contributed by atoms with van der Waals surface area (Å²) in [5, 5.41) is 8.20. The molecule has 0 aliphatic rings. The molecule has 1 aromatic heterocycles. The van der Waals surface area contributed by atoms with Gasteiger partial charge in [-0.2, -0.15) is 18.2 Å². The third-order valence-corrected chi connectivity index (χ3v) is 1.25. The molecule has 1 aromatic rings. The van der Waals surface area contributed by atoms with E-state index in [4.69, 9.17) is 5.11 Å². The molecule has 0 saturated carbocycles. The molecular weight excluding hydrogens is 217 g/mol. The van der Waals surface area contributed by atoms with Crippen molar-refractivity contribution in [3.8, 4) is 6.01 Å². The first-order valence-corrected chi connectivity index (χ1v) is 3.64. The molecule has 1 rings (SSSR count). The molecule has 0 aliphatic heterocycles. The maximum Gasteiger partial charge on any atom is 0.433 e. The number of alkyl halides is 3. The summed E-state index contributed by atoms with van der Waals surface area (Å²) in [4.78, 5) is 16.4. The Morgan fingerprint density at radius 2 is 2.20 bits per heavy atom. The molecule has 0 aliphatic carbocycles. The Hall–Kier alpha value is -1.86. The van der Waals surface area contributed by atoms with Gasteiger partial charge in [0, 0.05) is 6.20 Å². The molecule has 0 fully saturated rings. The van der Waals surface area contributed by atoms with Crippen molar-refractivity contribution in [3.63, 3.8) is 0 Å². The lowest BCUT2D eigenvalue weighted by molar-refractivity contribution is -0.141. The molecule has 0 amide bonds. The minimum absolute atomic E-state index is 0.618. The Labute approximate surface area is 81.5 Å². The second-order valence-corrected chi connectivity index (χ2v) is 2.40. The van der Waals surface area contributed by atoms with Gasteiger partial charge in [0.1, 0.15) is 0 Å². The number of hydrogen-bond acceptors (Lipinski definition) is 4. The SMILES string of the molecule is O=C(O)COc1nccc(C(F)(F)F)n1. The first-order valence-electron chi connectivity index (χ1n) is 3.64. The fourth-order valence-electron chi connectivity index (χ4n) is 0.695. The summed E-state index contributed by atoms with van der Waals surface area (Å²) >= 11 is 0. The van der Waals surface area contributed by atoms with E-state index in [1.807, 2.05) is 0 Å². The van der Waals surface area contributed by atoms with E-state index in [1.165, 1.54) is 0 Å². The molecule has 0 atom stereocenters. The Morgan fingerprint density at radius 1 is 1.53 bits per heavy atom. The van der Waals surface area contributed by atoms with Gasteiger partial charge in [0.05, 0.1) is 0 Å². The summed E-state index contributed by atoms with van der Waals surface area (Å²) in [5.41, 5.74) is -1.18. The van der Waals surface area contributed by atoms with E-state index < -0.39 is 30.5 Å². The van der Waals surface area contributed by atoms with Crippen molar-refractivity contribution in [2.24, 2.45) is 0 Å². The second-order valence-electron chi connectivity index (χ2n) is 2.40. The summed E-state index contributed by atoms with van der Waals surface area (Å²) in [6.07, 6.45) is -3.77. The Bertz CT molecular complexity index is 367. The molecule has 1 N–H and O–H groups in total. The normalized spacial score (nSPS) is 11.1. The number of carbonyl (C=O) groups is 1. The molecule has 8 heteroatoms. The molecule has 5 nitrogen and oxygen atoms in total. The highest BCUT2D eigenvalue weighted by atomic mass is 19.4. The number of carboxylic acids is 1. The fourth-order valence-corrected chi connectivity index (χ4v) is 0.695. The Morgan fingerprint density at radius 3 is 2.73 bits per heavy atom. The molecule has 0 bridgehead atoms. The van der Waals surface area contributed by atoms with Gasteiger partial charge in [0.15, 0.2) is 12.3 Å². The third kappa shape index (κ3) is 3.41. The van der Waals surface area contributed by atoms with Crippen molar-refractivity contribution < 1.29 is 27.8 Å². The van der Waals surface area contributed by atoms with Crippen LogP contribution in [-0.2, 0) is 11.0 Å². The van der Waals surface area contributed by atoms with Crippen molar-refractivity contribution in [1.29, 1.82) is 0 Å². The van der Waals surface area contributed by atoms with E-state index in [1.54, 1.807) is 0 Å². The van der Waals surface area contributed by atoms with Gasteiger partial charge in [-0.15, -0.1) is 0 Å². The lowest BCUT2D eigenvalue weighted by Gasteiger charge is -2.06. The first kappa shape index (κ1) is 11.2. The standard InChI is InChI=1S/C7H5F3N2O3/c8-7(9,10)4-1-2-11-6(12-4)15-3-5(13)14/h1-2H,3H2,(H,13,14). The number of halogens is 3. The number of aliphatic carboxylic acids is 1. The number of hydrogen-bond donors (Lipinski definition) is 1. The number of carboxylic acid groups (broad SMARTS) is 1. The van der Waals surface area contributed by atoms with Crippen LogP contribution < -0.4 is 4.74 Å². The first-order chi connectivity index (χ1) is 6.89. The molecular formula is C7H5F3N2O3. The van der Waals surface area contributed by atoms with Crippen LogP contribution in [0.5, 0.6) is 6.01 Å². The van der Waals surface area contributed by atoms with Crippen LogP contribution in [0.15, 0.2) is 12.3 Å². The molecule has 0 unspecified atom stereocenters. The van der Waals surface area contributed by atoms with E-state index in [0.29, 0.717) is 6.07 Å². The van der Waals surface area contributed by atoms with Crippen LogP contribution in [0.1, 0.15) is 5.69 Å². The van der Waals surface area contributed by atoms with Gasteiger partial charge in [-0.1, -0.05) is 0 Å². The zero-order valence-electron chi connectivity index (χ0n) is 7.15. The number of rotatable bonds is 3. The molecule has 0 aromatic carbocycles. The summed E-state index contributed by atoms with van der Waals surface area (Å²) in [7, 11) is 0. The zero-order valence-corrected chi connectivity index (χ0v) is 7.15. The van der Waals surface area contributed by atoms with E-state index in [-0.39, 0.29) is 0 Å². The van der Waals surface area contributed by atoms with Crippen LogP contribution >= 0.6 is 0 Å². The van der Waals surface area contributed by atoms with Crippen LogP contribution in [0.2, 0.25) is 0 Å².